The number of allylic oxidation sites excluding steroid dienone is 1. The summed E-state index contributed by atoms with van der Waals surface area (Å²) in [5.74, 6) is 1.92. The van der Waals surface area contributed by atoms with Crippen LogP contribution in [0, 0.1) is 10.1 Å². The molecule has 0 atom stereocenters. The maximum Gasteiger partial charge on any atom is 0.264 e. The van der Waals surface area contributed by atoms with Crippen molar-refractivity contribution in [2.45, 2.75) is 0 Å². The van der Waals surface area contributed by atoms with Crippen LogP contribution in [0.4, 0.5) is 0 Å². The molecule has 1 aliphatic rings. The molecule has 0 aromatic heterocycles. The van der Waals surface area contributed by atoms with Crippen LogP contribution in [-0.2, 0) is 0 Å². The molecule has 0 saturated carbocycles. The van der Waals surface area contributed by atoms with Gasteiger partial charge < -0.3 is 4.90 Å². The van der Waals surface area contributed by atoms with E-state index in [2.05, 4.69) is 6.58 Å². The van der Waals surface area contributed by atoms with Crippen LogP contribution in [0.15, 0.2) is 24.0 Å². The summed E-state index contributed by atoms with van der Waals surface area (Å²) in [6, 6.07) is 0. The van der Waals surface area contributed by atoms with Crippen molar-refractivity contribution in [2.75, 3.05) is 25.1 Å². The van der Waals surface area contributed by atoms with Gasteiger partial charge >= 0.3 is 0 Å². The molecule has 0 bridgehead atoms. The Labute approximate surface area is 81.4 Å². The minimum absolute atomic E-state index is 0.0376. The average molecular weight is 200 g/mol. The SMILES string of the molecule is C=C(/C=C1/CSCCN1C)[N+](=O)[O-]. The van der Waals surface area contributed by atoms with E-state index in [1.807, 2.05) is 11.9 Å². The summed E-state index contributed by atoms with van der Waals surface area (Å²) in [5, 5.41) is 10.3. The summed E-state index contributed by atoms with van der Waals surface area (Å²) in [6.45, 7) is 4.32. The fourth-order valence-electron chi connectivity index (χ4n) is 1.03. The van der Waals surface area contributed by atoms with E-state index < -0.39 is 4.92 Å². The van der Waals surface area contributed by atoms with Crippen molar-refractivity contribution in [3.8, 4) is 0 Å². The van der Waals surface area contributed by atoms with Crippen LogP contribution in [-0.4, -0.2) is 34.9 Å². The van der Waals surface area contributed by atoms with Crippen molar-refractivity contribution in [1.29, 1.82) is 0 Å². The molecule has 4 nitrogen and oxygen atoms in total. The van der Waals surface area contributed by atoms with E-state index >= 15 is 0 Å². The Morgan fingerprint density at radius 2 is 2.54 bits per heavy atom. The molecule has 72 valence electrons. The molecule has 0 N–H and O–H groups in total. The molecule has 0 spiro atoms. The van der Waals surface area contributed by atoms with Crippen LogP contribution in [0.2, 0.25) is 0 Å². The Kier molecular flexibility index (Phi) is 3.36. The third kappa shape index (κ3) is 2.77. The second kappa shape index (κ2) is 4.32. The molecule has 0 unspecified atom stereocenters. The molecule has 0 aromatic carbocycles. The quantitative estimate of drug-likeness (QED) is 0.498. The van der Waals surface area contributed by atoms with Crippen molar-refractivity contribution in [1.82, 2.24) is 4.90 Å². The lowest BCUT2D eigenvalue weighted by Crippen LogP contribution is -2.26. The molecule has 0 aliphatic carbocycles. The van der Waals surface area contributed by atoms with Gasteiger partial charge in [-0.05, 0) is 6.58 Å². The first-order valence-corrected chi connectivity index (χ1v) is 5.09. The van der Waals surface area contributed by atoms with Crippen molar-refractivity contribution >= 4 is 11.8 Å². The largest absolute Gasteiger partial charge is 0.376 e. The van der Waals surface area contributed by atoms with E-state index in [1.54, 1.807) is 17.8 Å². The van der Waals surface area contributed by atoms with Crippen LogP contribution in [0.5, 0.6) is 0 Å². The van der Waals surface area contributed by atoms with Crippen molar-refractivity contribution in [3.63, 3.8) is 0 Å². The maximum atomic E-state index is 10.3. The lowest BCUT2D eigenvalue weighted by atomic mass is 10.3. The van der Waals surface area contributed by atoms with E-state index in [0.717, 1.165) is 23.7 Å². The predicted octanol–water partition coefficient (Wildman–Crippen LogP) is 1.34. The van der Waals surface area contributed by atoms with Gasteiger partial charge in [-0.3, -0.25) is 10.1 Å². The molecule has 0 radical (unpaired) electrons. The Bertz CT molecular complexity index is 263. The second-order valence-corrected chi connectivity index (χ2v) is 3.96. The third-order valence-electron chi connectivity index (χ3n) is 1.88. The zero-order chi connectivity index (χ0) is 9.84. The molecular formula is C8H12N2O2S. The van der Waals surface area contributed by atoms with Crippen LogP contribution in [0.1, 0.15) is 0 Å². The monoisotopic (exact) mass is 200 g/mol. The van der Waals surface area contributed by atoms with Crippen LogP contribution in [0.3, 0.4) is 0 Å². The van der Waals surface area contributed by atoms with Crippen molar-refractivity contribution in [3.05, 3.63) is 34.2 Å². The van der Waals surface area contributed by atoms with Gasteiger partial charge in [0.1, 0.15) is 0 Å². The fraction of sp³-hybridized carbons (Fsp3) is 0.500. The van der Waals surface area contributed by atoms with Crippen LogP contribution >= 0.6 is 11.8 Å². The van der Waals surface area contributed by atoms with Gasteiger partial charge in [-0.1, -0.05) is 0 Å². The highest BCUT2D eigenvalue weighted by Gasteiger charge is 2.13. The molecule has 1 rings (SSSR count). The van der Waals surface area contributed by atoms with Crippen LogP contribution < -0.4 is 0 Å². The summed E-state index contributed by atoms with van der Waals surface area (Å²) in [5.41, 5.74) is 0.947. The van der Waals surface area contributed by atoms with Gasteiger partial charge in [-0.2, -0.15) is 11.8 Å². The highest BCUT2D eigenvalue weighted by molar-refractivity contribution is 7.99. The maximum absolute atomic E-state index is 10.3. The molecule has 0 aromatic rings. The number of thioether (sulfide) groups is 1. The molecule has 1 fully saturated rings. The van der Waals surface area contributed by atoms with Gasteiger partial charge in [0.15, 0.2) is 0 Å². The molecule has 5 heteroatoms. The minimum atomic E-state index is -0.458. The van der Waals surface area contributed by atoms with Gasteiger partial charge in [-0.25, -0.2) is 0 Å². The summed E-state index contributed by atoms with van der Waals surface area (Å²) in [6.07, 6.45) is 1.55. The standard InChI is InChI=1S/C8H12N2O2S/c1-7(10(11)12)5-8-6-13-4-3-9(8)2/h5H,1,3-4,6H2,2H3/b8-5-. The summed E-state index contributed by atoms with van der Waals surface area (Å²) >= 11 is 1.79. The van der Waals surface area contributed by atoms with Gasteiger partial charge in [0.05, 0.1) is 4.92 Å². The van der Waals surface area contributed by atoms with Gasteiger partial charge in [-0.15, -0.1) is 0 Å². The minimum Gasteiger partial charge on any atom is -0.376 e. The van der Waals surface area contributed by atoms with E-state index in [0.29, 0.717) is 0 Å². The van der Waals surface area contributed by atoms with Crippen LogP contribution in [0.25, 0.3) is 0 Å². The molecule has 13 heavy (non-hydrogen) atoms. The molecule has 1 aliphatic heterocycles. The lowest BCUT2D eigenvalue weighted by molar-refractivity contribution is -0.418. The second-order valence-electron chi connectivity index (χ2n) is 2.86. The lowest BCUT2D eigenvalue weighted by Gasteiger charge is -2.26. The fourth-order valence-corrected chi connectivity index (χ4v) is 2.09. The number of nitro groups is 1. The molecule has 1 saturated heterocycles. The van der Waals surface area contributed by atoms with E-state index in [4.69, 9.17) is 0 Å². The Balaban J connectivity index is 2.68. The topological polar surface area (TPSA) is 46.4 Å². The normalized spacial score (nSPS) is 20.4. The zero-order valence-corrected chi connectivity index (χ0v) is 8.34. The summed E-state index contributed by atoms with van der Waals surface area (Å²) < 4.78 is 0. The zero-order valence-electron chi connectivity index (χ0n) is 7.52. The van der Waals surface area contributed by atoms with E-state index in [-0.39, 0.29) is 5.70 Å². The van der Waals surface area contributed by atoms with Gasteiger partial charge in [0.25, 0.3) is 5.70 Å². The number of rotatable bonds is 2. The number of hydrogen-bond donors (Lipinski definition) is 0. The number of hydrogen-bond acceptors (Lipinski definition) is 4. The van der Waals surface area contributed by atoms with Crippen molar-refractivity contribution < 1.29 is 4.92 Å². The first-order valence-electron chi connectivity index (χ1n) is 3.94. The number of nitrogens with zero attached hydrogens (tertiary/aromatic N) is 2. The van der Waals surface area contributed by atoms with E-state index in [1.165, 1.54) is 0 Å². The average Bonchev–Trinajstić information content (AvgIpc) is 2.08. The smallest absolute Gasteiger partial charge is 0.264 e. The van der Waals surface area contributed by atoms with Crippen molar-refractivity contribution in [2.24, 2.45) is 0 Å². The Hall–Kier alpha value is -0.970. The van der Waals surface area contributed by atoms with E-state index in [9.17, 15) is 10.1 Å². The molecular weight excluding hydrogens is 188 g/mol. The highest BCUT2D eigenvalue weighted by Crippen LogP contribution is 2.18. The summed E-state index contributed by atoms with van der Waals surface area (Å²) in [4.78, 5) is 11.9. The third-order valence-corrected chi connectivity index (χ3v) is 2.85. The molecule has 0 amide bonds. The Morgan fingerprint density at radius 3 is 3.08 bits per heavy atom. The first-order chi connectivity index (χ1) is 6.11. The van der Waals surface area contributed by atoms with Gasteiger partial charge in [0, 0.05) is 36.9 Å². The van der Waals surface area contributed by atoms with Gasteiger partial charge in [0.2, 0.25) is 0 Å². The Morgan fingerprint density at radius 1 is 1.85 bits per heavy atom. The summed E-state index contributed by atoms with van der Waals surface area (Å²) in [7, 11) is 1.94. The first kappa shape index (κ1) is 10.1. The molecule has 1 heterocycles. The predicted molar refractivity (Wildman–Crippen MR) is 54.2 cm³/mol. The highest BCUT2D eigenvalue weighted by atomic mass is 32.2.